The van der Waals surface area contributed by atoms with Crippen molar-refractivity contribution in [1.82, 2.24) is 15.3 Å². The van der Waals surface area contributed by atoms with Crippen LogP contribution in [0.2, 0.25) is 0 Å². The zero-order valence-corrected chi connectivity index (χ0v) is 10.5. The van der Waals surface area contributed by atoms with Gasteiger partial charge in [0.15, 0.2) is 0 Å². The Morgan fingerprint density at radius 3 is 2.94 bits per heavy atom. The molecule has 18 heavy (non-hydrogen) atoms. The highest BCUT2D eigenvalue weighted by Gasteiger charge is 2.35. The summed E-state index contributed by atoms with van der Waals surface area (Å²) in [5.41, 5.74) is 6.05. The molecule has 0 spiro atoms. The predicted molar refractivity (Wildman–Crippen MR) is 65.6 cm³/mol. The van der Waals surface area contributed by atoms with Gasteiger partial charge in [-0.05, 0) is 25.8 Å². The molecule has 2 heterocycles. The van der Waals surface area contributed by atoms with Crippen molar-refractivity contribution in [3.63, 3.8) is 0 Å². The maximum Gasteiger partial charge on any atom is 0.240 e. The van der Waals surface area contributed by atoms with Crippen molar-refractivity contribution < 1.29 is 9.53 Å². The standard InChI is InChI=1S/C12H18N4O2/c1-9-14-5-2-10(16-9)8-15-11(17)12(13)3-6-18-7-4-12/h2,5H,3-4,6-8,13H2,1H3,(H,15,17). The number of rotatable bonds is 3. The maximum absolute atomic E-state index is 12.0. The monoisotopic (exact) mass is 250 g/mol. The molecule has 1 aliphatic heterocycles. The average Bonchev–Trinajstić information content (AvgIpc) is 2.37. The van der Waals surface area contributed by atoms with Crippen LogP contribution in [0.25, 0.3) is 0 Å². The summed E-state index contributed by atoms with van der Waals surface area (Å²) in [5, 5.41) is 2.83. The molecule has 0 unspecified atom stereocenters. The van der Waals surface area contributed by atoms with Crippen LogP contribution < -0.4 is 11.1 Å². The molecule has 1 saturated heterocycles. The lowest BCUT2D eigenvalue weighted by atomic mass is 9.90. The van der Waals surface area contributed by atoms with Crippen LogP contribution in [-0.2, 0) is 16.1 Å². The quantitative estimate of drug-likeness (QED) is 0.782. The van der Waals surface area contributed by atoms with Gasteiger partial charge in [-0.1, -0.05) is 0 Å². The van der Waals surface area contributed by atoms with Crippen LogP contribution >= 0.6 is 0 Å². The molecule has 0 aromatic carbocycles. The Kier molecular flexibility index (Phi) is 3.88. The third-order valence-electron chi connectivity index (χ3n) is 3.10. The summed E-state index contributed by atoms with van der Waals surface area (Å²) in [6.07, 6.45) is 2.79. The van der Waals surface area contributed by atoms with Gasteiger partial charge >= 0.3 is 0 Å². The van der Waals surface area contributed by atoms with E-state index in [1.54, 1.807) is 12.3 Å². The lowest BCUT2D eigenvalue weighted by Gasteiger charge is -2.31. The van der Waals surface area contributed by atoms with Crippen molar-refractivity contribution in [3.05, 3.63) is 23.8 Å². The van der Waals surface area contributed by atoms with Gasteiger partial charge in [0.25, 0.3) is 0 Å². The van der Waals surface area contributed by atoms with Crippen LogP contribution in [0.4, 0.5) is 0 Å². The van der Waals surface area contributed by atoms with E-state index in [-0.39, 0.29) is 5.91 Å². The number of nitrogens with one attached hydrogen (secondary N) is 1. The van der Waals surface area contributed by atoms with E-state index in [0.717, 1.165) is 5.69 Å². The third kappa shape index (κ3) is 3.02. The van der Waals surface area contributed by atoms with Gasteiger partial charge in [0, 0.05) is 19.4 Å². The molecule has 0 radical (unpaired) electrons. The topological polar surface area (TPSA) is 90.1 Å². The number of carbonyl (C=O) groups excluding carboxylic acids is 1. The second kappa shape index (κ2) is 5.41. The first kappa shape index (κ1) is 12.9. The fourth-order valence-corrected chi connectivity index (χ4v) is 1.91. The Bertz CT molecular complexity index is 430. The van der Waals surface area contributed by atoms with E-state index in [9.17, 15) is 4.79 Å². The highest BCUT2D eigenvalue weighted by molar-refractivity contribution is 5.86. The fourth-order valence-electron chi connectivity index (χ4n) is 1.91. The molecule has 6 nitrogen and oxygen atoms in total. The number of hydrogen-bond donors (Lipinski definition) is 2. The molecule has 1 aliphatic rings. The predicted octanol–water partition coefficient (Wildman–Crippen LogP) is -0.0909. The van der Waals surface area contributed by atoms with Crippen LogP contribution in [0.3, 0.4) is 0 Å². The molecule has 0 bridgehead atoms. The zero-order chi connectivity index (χ0) is 13.0. The first-order valence-corrected chi connectivity index (χ1v) is 6.04. The Hall–Kier alpha value is -1.53. The third-order valence-corrected chi connectivity index (χ3v) is 3.10. The summed E-state index contributed by atoms with van der Waals surface area (Å²) in [6.45, 7) is 3.27. The van der Waals surface area contributed by atoms with E-state index in [1.807, 2.05) is 6.92 Å². The number of hydrogen-bond acceptors (Lipinski definition) is 5. The fraction of sp³-hybridized carbons (Fsp3) is 0.583. The van der Waals surface area contributed by atoms with Crippen molar-refractivity contribution in [2.45, 2.75) is 31.8 Å². The highest BCUT2D eigenvalue weighted by Crippen LogP contribution is 2.17. The second-order valence-electron chi connectivity index (χ2n) is 4.55. The van der Waals surface area contributed by atoms with E-state index in [2.05, 4.69) is 15.3 Å². The minimum Gasteiger partial charge on any atom is -0.381 e. The van der Waals surface area contributed by atoms with Gasteiger partial charge in [-0.3, -0.25) is 4.79 Å². The summed E-state index contributed by atoms with van der Waals surface area (Å²) in [4.78, 5) is 20.3. The zero-order valence-electron chi connectivity index (χ0n) is 10.5. The Morgan fingerprint density at radius 2 is 2.28 bits per heavy atom. The van der Waals surface area contributed by atoms with Crippen molar-refractivity contribution in [1.29, 1.82) is 0 Å². The second-order valence-corrected chi connectivity index (χ2v) is 4.55. The number of amides is 1. The van der Waals surface area contributed by atoms with Gasteiger partial charge < -0.3 is 15.8 Å². The molecule has 2 rings (SSSR count). The molecular formula is C12H18N4O2. The van der Waals surface area contributed by atoms with Gasteiger partial charge in [-0.15, -0.1) is 0 Å². The summed E-state index contributed by atoms with van der Waals surface area (Å²) < 4.78 is 5.21. The Labute approximate surface area is 106 Å². The van der Waals surface area contributed by atoms with E-state index in [1.165, 1.54) is 0 Å². The van der Waals surface area contributed by atoms with E-state index < -0.39 is 5.54 Å². The first-order chi connectivity index (χ1) is 8.60. The lowest BCUT2D eigenvalue weighted by molar-refractivity contribution is -0.129. The highest BCUT2D eigenvalue weighted by atomic mass is 16.5. The van der Waals surface area contributed by atoms with Crippen molar-refractivity contribution >= 4 is 5.91 Å². The summed E-state index contributed by atoms with van der Waals surface area (Å²) >= 11 is 0. The first-order valence-electron chi connectivity index (χ1n) is 6.04. The summed E-state index contributed by atoms with van der Waals surface area (Å²) in [6, 6.07) is 1.78. The largest absolute Gasteiger partial charge is 0.381 e. The Balaban J connectivity index is 1.91. The smallest absolute Gasteiger partial charge is 0.240 e. The Morgan fingerprint density at radius 1 is 1.56 bits per heavy atom. The number of aryl methyl sites for hydroxylation is 1. The van der Waals surface area contributed by atoms with Crippen LogP contribution in [0.1, 0.15) is 24.4 Å². The van der Waals surface area contributed by atoms with Gasteiger partial charge in [0.05, 0.1) is 17.8 Å². The van der Waals surface area contributed by atoms with E-state index in [0.29, 0.717) is 38.4 Å². The summed E-state index contributed by atoms with van der Waals surface area (Å²) in [7, 11) is 0. The average molecular weight is 250 g/mol. The number of nitrogens with zero attached hydrogens (tertiary/aromatic N) is 2. The van der Waals surface area contributed by atoms with Crippen molar-refractivity contribution in [3.8, 4) is 0 Å². The molecular weight excluding hydrogens is 232 g/mol. The normalized spacial score (nSPS) is 18.3. The van der Waals surface area contributed by atoms with Crippen molar-refractivity contribution in [2.75, 3.05) is 13.2 Å². The van der Waals surface area contributed by atoms with Crippen LogP contribution in [0, 0.1) is 6.92 Å². The molecule has 1 aromatic heterocycles. The molecule has 0 atom stereocenters. The van der Waals surface area contributed by atoms with Gasteiger partial charge in [0.1, 0.15) is 5.82 Å². The maximum atomic E-state index is 12.0. The SMILES string of the molecule is Cc1nccc(CNC(=O)C2(N)CCOCC2)n1. The number of nitrogens with two attached hydrogens (primary N) is 1. The molecule has 0 aliphatic carbocycles. The number of ether oxygens (including phenoxy) is 1. The molecule has 1 aromatic rings. The van der Waals surface area contributed by atoms with Gasteiger partial charge in [-0.2, -0.15) is 0 Å². The molecule has 3 N–H and O–H groups in total. The lowest BCUT2D eigenvalue weighted by Crippen LogP contribution is -2.56. The number of aromatic nitrogens is 2. The molecule has 98 valence electrons. The van der Waals surface area contributed by atoms with Crippen LogP contribution in [-0.4, -0.2) is 34.6 Å². The number of carbonyl (C=O) groups is 1. The van der Waals surface area contributed by atoms with Gasteiger partial charge in [0.2, 0.25) is 5.91 Å². The molecule has 0 saturated carbocycles. The minimum atomic E-state index is -0.805. The van der Waals surface area contributed by atoms with E-state index >= 15 is 0 Å². The van der Waals surface area contributed by atoms with Crippen LogP contribution in [0.5, 0.6) is 0 Å². The molecule has 6 heteroatoms. The molecule has 1 fully saturated rings. The molecule has 1 amide bonds. The van der Waals surface area contributed by atoms with Gasteiger partial charge in [-0.25, -0.2) is 9.97 Å². The van der Waals surface area contributed by atoms with E-state index in [4.69, 9.17) is 10.5 Å². The summed E-state index contributed by atoms with van der Waals surface area (Å²) in [5.74, 6) is 0.553. The van der Waals surface area contributed by atoms with Crippen molar-refractivity contribution in [2.24, 2.45) is 5.73 Å². The van der Waals surface area contributed by atoms with Crippen LogP contribution in [0.15, 0.2) is 12.3 Å². The minimum absolute atomic E-state index is 0.137.